The zero-order chi connectivity index (χ0) is 16.4. The van der Waals surface area contributed by atoms with Crippen LogP contribution in [-0.4, -0.2) is 34.0 Å². The third-order valence-electron chi connectivity index (χ3n) is 3.78. The van der Waals surface area contributed by atoms with E-state index in [4.69, 9.17) is 0 Å². The van der Waals surface area contributed by atoms with Gasteiger partial charge in [0.2, 0.25) is 0 Å². The van der Waals surface area contributed by atoms with E-state index in [0.717, 1.165) is 0 Å². The van der Waals surface area contributed by atoms with Gasteiger partial charge < -0.3 is 15.0 Å². The maximum Gasteiger partial charge on any atom is 0.267 e. The molecule has 1 rings (SSSR count). The van der Waals surface area contributed by atoms with Crippen LogP contribution in [-0.2, 0) is 7.05 Å². The summed E-state index contributed by atoms with van der Waals surface area (Å²) >= 11 is 0. The highest BCUT2D eigenvalue weighted by atomic mass is 16.3. The Labute approximate surface area is 126 Å². The van der Waals surface area contributed by atoms with E-state index in [2.05, 4.69) is 5.32 Å². The minimum Gasteiger partial charge on any atom is -0.392 e. The Morgan fingerprint density at radius 3 is 2.38 bits per heavy atom. The van der Waals surface area contributed by atoms with Crippen molar-refractivity contribution in [1.82, 2.24) is 9.88 Å². The molecule has 1 unspecified atom stereocenters. The van der Waals surface area contributed by atoms with E-state index < -0.39 is 11.5 Å². The van der Waals surface area contributed by atoms with Gasteiger partial charge in [-0.25, -0.2) is 0 Å². The molecule has 1 aromatic heterocycles. The highest BCUT2D eigenvalue weighted by Crippen LogP contribution is 2.25. The van der Waals surface area contributed by atoms with Crippen LogP contribution in [0.4, 0.5) is 0 Å². The number of rotatable bonds is 6. The molecular weight excluding hydrogens is 268 g/mol. The standard InChI is InChI=1S/C16H26N2O3/c1-10(2)14(20)16(4,5)9-17-15(21)13-7-12(11(3)19)8-18(13)6/h7-8,10,14,20H,9H2,1-6H3,(H,17,21). The molecule has 0 aliphatic heterocycles. The van der Waals surface area contributed by atoms with Crippen LogP contribution >= 0.6 is 0 Å². The molecule has 0 saturated heterocycles. The maximum absolute atomic E-state index is 12.2. The fourth-order valence-electron chi connectivity index (χ4n) is 2.39. The number of Topliss-reactive ketones (excluding diaryl/α,β-unsaturated/α-hetero) is 1. The van der Waals surface area contributed by atoms with E-state index in [1.807, 2.05) is 27.7 Å². The Hall–Kier alpha value is -1.62. The summed E-state index contributed by atoms with van der Waals surface area (Å²) in [5.41, 5.74) is 0.539. The molecule has 0 bridgehead atoms. The first-order valence-electron chi connectivity index (χ1n) is 7.20. The van der Waals surface area contributed by atoms with Crippen molar-refractivity contribution in [2.45, 2.75) is 40.7 Å². The fourth-order valence-corrected chi connectivity index (χ4v) is 2.39. The lowest BCUT2D eigenvalue weighted by atomic mass is 9.80. The summed E-state index contributed by atoms with van der Waals surface area (Å²) in [7, 11) is 1.73. The van der Waals surface area contributed by atoms with Gasteiger partial charge in [0.1, 0.15) is 5.69 Å². The molecule has 118 valence electrons. The molecule has 0 aromatic carbocycles. The quantitative estimate of drug-likeness (QED) is 0.788. The number of hydrogen-bond acceptors (Lipinski definition) is 3. The average Bonchev–Trinajstić information content (AvgIpc) is 2.77. The van der Waals surface area contributed by atoms with Crippen LogP contribution in [0.1, 0.15) is 55.5 Å². The molecule has 0 aliphatic carbocycles. The van der Waals surface area contributed by atoms with Gasteiger partial charge in [-0.2, -0.15) is 0 Å². The number of ketones is 1. The van der Waals surface area contributed by atoms with Crippen LogP contribution in [0.3, 0.4) is 0 Å². The summed E-state index contributed by atoms with van der Waals surface area (Å²) in [6.07, 6.45) is 1.14. The first kappa shape index (κ1) is 17.4. The minimum absolute atomic E-state index is 0.0693. The van der Waals surface area contributed by atoms with Crippen LogP contribution < -0.4 is 5.32 Å². The number of aryl methyl sites for hydroxylation is 1. The van der Waals surface area contributed by atoms with Crippen molar-refractivity contribution in [1.29, 1.82) is 0 Å². The number of amides is 1. The molecule has 0 aliphatic rings. The molecule has 1 aromatic rings. The minimum atomic E-state index is -0.501. The van der Waals surface area contributed by atoms with Crippen molar-refractivity contribution < 1.29 is 14.7 Å². The summed E-state index contributed by atoms with van der Waals surface area (Å²) in [6.45, 7) is 9.58. The van der Waals surface area contributed by atoms with Gasteiger partial charge in [-0.3, -0.25) is 9.59 Å². The molecule has 0 saturated carbocycles. The fraction of sp³-hybridized carbons (Fsp3) is 0.625. The van der Waals surface area contributed by atoms with Crippen molar-refractivity contribution in [3.05, 3.63) is 23.5 Å². The molecule has 1 atom stereocenters. The van der Waals surface area contributed by atoms with Gasteiger partial charge in [0.15, 0.2) is 5.78 Å². The summed E-state index contributed by atoms with van der Waals surface area (Å²) in [6, 6.07) is 1.59. The Kier molecular flexibility index (Phi) is 5.34. The topological polar surface area (TPSA) is 71.3 Å². The number of aliphatic hydroxyl groups excluding tert-OH is 1. The Balaban J connectivity index is 2.76. The second-order valence-corrected chi connectivity index (χ2v) is 6.64. The van der Waals surface area contributed by atoms with E-state index in [0.29, 0.717) is 17.8 Å². The van der Waals surface area contributed by atoms with Gasteiger partial charge in [0.25, 0.3) is 5.91 Å². The predicted octanol–water partition coefficient (Wildman–Crippen LogP) is 2.00. The van der Waals surface area contributed by atoms with Crippen LogP contribution in [0, 0.1) is 11.3 Å². The maximum atomic E-state index is 12.2. The van der Waals surface area contributed by atoms with Crippen LogP contribution in [0.25, 0.3) is 0 Å². The smallest absolute Gasteiger partial charge is 0.267 e. The molecule has 0 fully saturated rings. The van der Waals surface area contributed by atoms with Gasteiger partial charge in [-0.1, -0.05) is 27.7 Å². The van der Waals surface area contributed by atoms with Gasteiger partial charge in [-0.15, -0.1) is 0 Å². The third-order valence-corrected chi connectivity index (χ3v) is 3.78. The molecular formula is C16H26N2O3. The molecule has 1 amide bonds. The average molecular weight is 294 g/mol. The number of nitrogens with one attached hydrogen (secondary N) is 1. The van der Waals surface area contributed by atoms with Crippen LogP contribution in [0.2, 0.25) is 0 Å². The Morgan fingerprint density at radius 2 is 1.95 bits per heavy atom. The lowest BCUT2D eigenvalue weighted by molar-refractivity contribution is 0.0137. The van der Waals surface area contributed by atoms with E-state index >= 15 is 0 Å². The zero-order valence-corrected chi connectivity index (χ0v) is 13.7. The molecule has 21 heavy (non-hydrogen) atoms. The van der Waals surface area contributed by atoms with Gasteiger partial charge >= 0.3 is 0 Å². The molecule has 1 heterocycles. The first-order chi connectivity index (χ1) is 9.56. The van der Waals surface area contributed by atoms with Crippen molar-refractivity contribution in [2.75, 3.05) is 6.54 Å². The molecule has 2 N–H and O–H groups in total. The second kappa shape index (κ2) is 6.43. The normalized spacial score (nSPS) is 13.3. The largest absolute Gasteiger partial charge is 0.392 e. The van der Waals surface area contributed by atoms with E-state index in [9.17, 15) is 14.7 Å². The molecule has 0 radical (unpaired) electrons. The molecule has 5 nitrogen and oxygen atoms in total. The third kappa shape index (κ3) is 4.17. The summed E-state index contributed by atoms with van der Waals surface area (Å²) in [5, 5.41) is 13.0. The number of aliphatic hydroxyl groups is 1. The van der Waals surface area contributed by atoms with Gasteiger partial charge in [0.05, 0.1) is 6.10 Å². The zero-order valence-electron chi connectivity index (χ0n) is 13.7. The molecule has 0 spiro atoms. The monoisotopic (exact) mass is 294 g/mol. The second-order valence-electron chi connectivity index (χ2n) is 6.64. The van der Waals surface area contributed by atoms with Crippen molar-refractivity contribution in [3.63, 3.8) is 0 Å². The van der Waals surface area contributed by atoms with Gasteiger partial charge in [-0.05, 0) is 18.9 Å². The number of carbonyl (C=O) groups is 2. The van der Waals surface area contributed by atoms with Crippen molar-refractivity contribution >= 4 is 11.7 Å². The Morgan fingerprint density at radius 1 is 1.38 bits per heavy atom. The SMILES string of the molecule is CC(=O)c1cc(C(=O)NCC(C)(C)C(O)C(C)C)n(C)c1. The van der Waals surface area contributed by atoms with Crippen LogP contribution in [0.15, 0.2) is 12.3 Å². The lowest BCUT2D eigenvalue weighted by Crippen LogP contribution is -2.43. The number of hydrogen-bond donors (Lipinski definition) is 2. The number of nitrogens with zero attached hydrogens (tertiary/aromatic N) is 1. The van der Waals surface area contributed by atoms with Crippen LogP contribution in [0.5, 0.6) is 0 Å². The summed E-state index contributed by atoms with van der Waals surface area (Å²) < 4.78 is 1.64. The molecule has 5 heteroatoms. The Bertz CT molecular complexity index is 530. The lowest BCUT2D eigenvalue weighted by Gasteiger charge is -2.33. The number of carbonyl (C=O) groups excluding carboxylic acids is 2. The van der Waals surface area contributed by atoms with E-state index in [1.54, 1.807) is 23.9 Å². The van der Waals surface area contributed by atoms with Crippen molar-refractivity contribution in [3.8, 4) is 0 Å². The van der Waals surface area contributed by atoms with E-state index in [1.165, 1.54) is 6.92 Å². The summed E-state index contributed by atoms with van der Waals surface area (Å²) in [4.78, 5) is 23.6. The highest BCUT2D eigenvalue weighted by molar-refractivity contribution is 5.99. The summed E-state index contributed by atoms with van der Waals surface area (Å²) in [5.74, 6) is -0.189. The van der Waals surface area contributed by atoms with Crippen molar-refractivity contribution in [2.24, 2.45) is 18.4 Å². The highest BCUT2D eigenvalue weighted by Gasteiger charge is 2.30. The first-order valence-corrected chi connectivity index (χ1v) is 7.20. The van der Waals surface area contributed by atoms with Gasteiger partial charge in [0, 0.05) is 30.8 Å². The predicted molar refractivity (Wildman–Crippen MR) is 82.4 cm³/mol. The van der Waals surface area contributed by atoms with E-state index in [-0.39, 0.29) is 17.6 Å². The number of aromatic nitrogens is 1.